The van der Waals surface area contributed by atoms with Gasteiger partial charge in [0.2, 0.25) is 0 Å². The lowest BCUT2D eigenvalue weighted by Crippen LogP contribution is -2.37. The van der Waals surface area contributed by atoms with Gasteiger partial charge in [0.25, 0.3) is 0 Å². The fourth-order valence-corrected chi connectivity index (χ4v) is 1.94. The van der Waals surface area contributed by atoms with Crippen LogP contribution < -0.4 is 5.32 Å². The second-order valence-electron chi connectivity index (χ2n) is 4.43. The first-order chi connectivity index (χ1) is 6.63. The van der Waals surface area contributed by atoms with E-state index < -0.39 is 0 Å². The van der Waals surface area contributed by atoms with Gasteiger partial charge >= 0.3 is 0 Å². The summed E-state index contributed by atoms with van der Waals surface area (Å²) in [7, 11) is 1.78. The molecule has 0 aliphatic heterocycles. The van der Waals surface area contributed by atoms with Gasteiger partial charge in [-0.05, 0) is 38.1 Å². The molecule has 0 aromatic heterocycles. The Morgan fingerprint density at radius 1 is 1.21 bits per heavy atom. The van der Waals surface area contributed by atoms with Crippen LogP contribution in [0.2, 0.25) is 0 Å². The lowest BCUT2D eigenvalue weighted by atomic mass is 9.86. The van der Waals surface area contributed by atoms with Crippen molar-refractivity contribution in [1.29, 1.82) is 0 Å². The molecule has 0 aliphatic rings. The monoisotopic (exact) mass is 201 g/mol. The molecule has 0 rings (SSSR count). The predicted octanol–water partition coefficient (Wildman–Crippen LogP) is 2.68. The number of methoxy groups -OCH3 is 1. The summed E-state index contributed by atoms with van der Waals surface area (Å²) >= 11 is 0. The van der Waals surface area contributed by atoms with Crippen LogP contribution in [-0.2, 0) is 4.74 Å². The Morgan fingerprint density at radius 3 is 2.29 bits per heavy atom. The van der Waals surface area contributed by atoms with Crippen molar-refractivity contribution < 1.29 is 4.74 Å². The first-order valence-corrected chi connectivity index (χ1v) is 5.85. The fourth-order valence-electron chi connectivity index (χ4n) is 1.94. The summed E-state index contributed by atoms with van der Waals surface area (Å²) in [5.74, 6) is 1.45. The number of hydrogen-bond acceptors (Lipinski definition) is 2. The zero-order valence-corrected chi connectivity index (χ0v) is 10.5. The maximum atomic E-state index is 5.15. The molecule has 0 fully saturated rings. The van der Waals surface area contributed by atoms with Gasteiger partial charge in [0, 0.05) is 19.8 Å². The third-order valence-electron chi connectivity index (χ3n) is 2.87. The zero-order valence-electron chi connectivity index (χ0n) is 10.5. The SMILES string of the molecule is CCCNC(C)C(CCOC)C(C)C. The molecule has 0 aromatic carbocycles. The van der Waals surface area contributed by atoms with Crippen LogP contribution in [0.15, 0.2) is 0 Å². The average molecular weight is 201 g/mol. The highest BCUT2D eigenvalue weighted by molar-refractivity contribution is 4.74. The maximum absolute atomic E-state index is 5.15. The standard InChI is InChI=1S/C12H27NO/c1-6-8-13-11(4)12(10(2)3)7-9-14-5/h10-13H,6-9H2,1-5H3. The molecule has 0 heterocycles. The van der Waals surface area contributed by atoms with Crippen molar-refractivity contribution in [1.82, 2.24) is 5.32 Å². The average Bonchev–Trinajstić information content (AvgIpc) is 2.14. The van der Waals surface area contributed by atoms with E-state index >= 15 is 0 Å². The highest BCUT2D eigenvalue weighted by atomic mass is 16.5. The normalized spacial score (nSPS) is 15.9. The minimum absolute atomic E-state index is 0.602. The molecule has 2 atom stereocenters. The molecule has 1 N–H and O–H groups in total. The summed E-state index contributed by atoms with van der Waals surface area (Å²) < 4.78 is 5.15. The van der Waals surface area contributed by atoms with Crippen molar-refractivity contribution in [3.05, 3.63) is 0 Å². The third-order valence-corrected chi connectivity index (χ3v) is 2.87. The number of rotatable bonds is 8. The van der Waals surface area contributed by atoms with Gasteiger partial charge in [0.05, 0.1) is 0 Å². The van der Waals surface area contributed by atoms with Crippen molar-refractivity contribution in [3.63, 3.8) is 0 Å². The van der Waals surface area contributed by atoms with Crippen molar-refractivity contribution in [3.8, 4) is 0 Å². The third kappa shape index (κ3) is 5.61. The predicted molar refractivity (Wildman–Crippen MR) is 62.6 cm³/mol. The molecule has 0 aliphatic carbocycles. The summed E-state index contributed by atoms with van der Waals surface area (Å²) in [6.45, 7) is 11.1. The highest BCUT2D eigenvalue weighted by Gasteiger charge is 2.19. The van der Waals surface area contributed by atoms with Crippen molar-refractivity contribution in [2.75, 3.05) is 20.3 Å². The minimum Gasteiger partial charge on any atom is -0.385 e. The van der Waals surface area contributed by atoms with Crippen LogP contribution >= 0.6 is 0 Å². The largest absolute Gasteiger partial charge is 0.385 e. The molecule has 2 unspecified atom stereocenters. The second kappa shape index (κ2) is 8.25. The second-order valence-corrected chi connectivity index (χ2v) is 4.43. The van der Waals surface area contributed by atoms with Crippen molar-refractivity contribution >= 4 is 0 Å². The van der Waals surface area contributed by atoms with Gasteiger partial charge in [0.1, 0.15) is 0 Å². The Hall–Kier alpha value is -0.0800. The van der Waals surface area contributed by atoms with E-state index in [4.69, 9.17) is 4.74 Å². The molecule has 0 radical (unpaired) electrons. The van der Waals surface area contributed by atoms with Crippen LogP contribution in [0.1, 0.15) is 40.5 Å². The topological polar surface area (TPSA) is 21.3 Å². The molecule has 0 spiro atoms. The molecule has 0 saturated heterocycles. The van der Waals surface area contributed by atoms with Crippen LogP contribution in [-0.4, -0.2) is 26.3 Å². The van der Waals surface area contributed by atoms with Crippen molar-refractivity contribution in [2.24, 2.45) is 11.8 Å². The molecule has 2 heteroatoms. The summed E-state index contributed by atoms with van der Waals surface area (Å²) in [5, 5.41) is 3.57. The Bertz CT molecular complexity index is 125. The first-order valence-electron chi connectivity index (χ1n) is 5.85. The molecule has 0 saturated carbocycles. The van der Waals surface area contributed by atoms with Crippen LogP contribution in [0.4, 0.5) is 0 Å². The maximum Gasteiger partial charge on any atom is 0.0465 e. The Kier molecular flexibility index (Phi) is 8.20. The minimum atomic E-state index is 0.602. The number of nitrogens with one attached hydrogen (secondary N) is 1. The van der Waals surface area contributed by atoms with Gasteiger partial charge in [-0.15, -0.1) is 0 Å². The Labute approximate surface area is 89.4 Å². The fraction of sp³-hybridized carbons (Fsp3) is 1.00. The van der Waals surface area contributed by atoms with Gasteiger partial charge in [-0.2, -0.15) is 0 Å². The first kappa shape index (κ1) is 13.9. The molecule has 2 nitrogen and oxygen atoms in total. The van der Waals surface area contributed by atoms with Gasteiger partial charge in [0.15, 0.2) is 0 Å². The molecular formula is C12H27NO. The van der Waals surface area contributed by atoms with Crippen LogP contribution in [0.25, 0.3) is 0 Å². The molecule has 0 aromatic rings. The van der Waals surface area contributed by atoms with Gasteiger partial charge in [-0.3, -0.25) is 0 Å². The Morgan fingerprint density at radius 2 is 1.86 bits per heavy atom. The summed E-state index contributed by atoms with van der Waals surface area (Å²) in [6.07, 6.45) is 2.37. The van der Waals surface area contributed by atoms with E-state index in [1.807, 2.05) is 0 Å². The van der Waals surface area contributed by atoms with Crippen molar-refractivity contribution in [2.45, 2.75) is 46.6 Å². The molecule has 0 amide bonds. The van der Waals surface area contributed by atoms with E-state index in [0.29, 0.717) is 6.04 Å². The van der Waals surface area contributed by atoms with Crippen LogP contribution in [0, 0.1) is 11.8 Å². The van der Waals surface area contributed by atoms with E-state index in [1.165, 1.54) is 6.42 Å². The van der Waals surface area contributed by atoms with E-state index in [9.17, 15) is 0 Å². The molecule has 86 valence electrons. The smallest absolute Gasteiger partial charge is 0.0465 e. The zero-order chi connectivity index (χ0) is 11.0. The van der Waals surface area contributed by atoms with E-state index in [-0.39, 0.29) is 0 Å². The summed E-state index contributed by atoms with van der Waals surface area (Å²) in [4.78, 5) is 0. The van der Waals surface area contributed by atoms with Gasteiger partial charge in [-0.25, -0.2) is 0 Å². The van der Waals surface area contributed by atoms with Gasteiger partial charge in [-0.1, -0.05) is 20.8 Å². The van der Waals surface area contributed by atoms with E-state index in [1.54, 1.807) is 7.11 Å². The highest BCUT2D eigenvalue weighted by Crippen LogP contribution is 2.19. The van der Waals surface area contributed by atoms with E-state index in [0.717, 1.165) is 31.4 Å². The van der Waals surface area contributed by atoms with Crippen LogP contribution in [0.3, 0.4) is 0 Å². The quantitative estimate of drug-likeness (QED) is 0.652. The molecule has 14 heavy (non-hydrogen) atoms. The lowest BCUT2D eigenvalue weighted by molar-refractivity contribution is 0.151. The van der Waals surface area contributed by atoms with Crippen LogP contribution in [0.5, 0.6) is 0 Å². The summed E-state index contributed by atoms with van der Waals surface area (Å²) in [6, 6.07) is 0.602. The number of hydrogen-bond donors (Lipinski definition) is 1. The molecular weight excluding hydrogens is 174 g/mol. The van der Waals surface area contributed by atoms with E-state index in [2.05, 4.69) is 33.0 Å². The Balaban J connectivity index is 3.91. The lowest BCUT2D eigenvalue weighted by Gasteiger charge is -2.28. The van der Waals surface area contributed by atoms with Gasteiger partial charge < -0.3 is 10.1 Å². The summed E-state index contributed by atoms with van der Waals surface area (Å²) in [5.41, 5.74) is 0. The molecule has 0 bridgehead atoms. The number of ether oxygens (including phenoxy) is 1.